The number of aromatic nitrogens is 5. The van der Waals surface area contributed by atoms with Gasteiger partial charge in [0.15, 0.2) is 16.8 Å². The highest BCUT2D eigenvalue weighted by Gasteiger charge is 2.21. The van der Waals surface area contributed by atoms with E-state index in [0.29, 0.717) is 22.7 Å². The normalized spacial score (nSPS) is 12.3. The van der Waals surface area contributed by atoms with Crippen LogP contribution in [-0.4, -0.2) is 24.9 Å². The maximum atomic E-state index is 13.4. The fourth-order valence-electron chi connectivity index (χ4n) is 2.63. The van der Waals surface area contributed by atoms with E-state index in [9.17, 15) is 4.39 Å². The molecule has 2 aromatic heterocycles. The Bertz CT molecular complexity index is 1050. The van der Waals surface area contributed by atoms with Crippen molar-refractivity contribution < 1.29 is 8.91 Å². The van der Waals surface area contributed by atoms with Crippen molar-refractivity contribution >= 4 is 11.8 Å². The largest absolute Gasteiger partial charge is 0.338 e. The van der Waals surface area contributed by atoms with E-state index in [1.54, 1.807) is 19.1 Å². The lowest BCUT2D eigenvalue weighted by Gasteiger charge is -2.12. The third-order valence-electron chi connectivity index (χ3n) is 3.92. The van der Waals surface area contributed by atoms with E-state index >= 15 is 0 Å². The molecule has 0 spiro atoms. The standard InChI is InChI=1S/C19H16FN5OS/c1-12(18-21-13(2)24-26-18)27-19-23-22-17(14-6-4-3-5-7-14)25(19)16-10-8-15(20)9-11-16/h3-12H,1-2H3. The Morgan fingerprint density at radius 1 is 1.04 bits per heavy atom. The number of nitrogens with zero attached hydrogens (tertiary/aromatic N) is 5. The molecule has 2 heterocycles. The van der Waals surface area contributed by atoms with Crippen molar-refractivity contribution in [2.24, 2.45) is 0 Å². The zero-order valence-corrected chi connectivity index (χ0v) is 15.5. The molecule has 0 N–H and O–H groups in total. The number of thioether (sulfide) groups is 1. The summed E-state index contributed by atoms with van der Waals surface area (Å²) in [6, 6.07) is 16.0. The Kier molecular flexibility index (Phi) is 4.72. The van der Waals surface area contributed by atoms with Gasteiger partial charge in [0.25, 0.3) is 0 Å². The molecule has 0 radical (unpaired) electrons. The van der Waals surface area contributed by atoms with Crippen LogP contribution in [0.4, 0.5) is 4.39 Å². The summed E-state index contributed by atoms with van der Waals surface area (Å²) in [6.07, 6.45) is 0. The first kappa shape index (κ1) is 17.4. The lowest BCUT2D eigenvalue weighted by molar-refractivity contribution is 0.376. The predicted molar refractivity (Wildman–Crippen MR) is 100 cm³/mol. The number of aryl methyl sites for hydroxylation is 1. The van der Waals surface area contributed by atoms with Crippen LogP contribution in [0.3, 0.4) is 0 Å². The van der Waals surface area contributed by atoms with Gasteiger partial charge in [-0.2, -0.15) is 4.98 Å². The first-order chi connectivity index (χ1) is 13.1. The van der Waals surface area contributed by atoms with Crippen molar-refractivity contribution in [3.63, 3.8) is 0 Å². The summed E-state index contributed by atoms with van der Waals surface area (Å²) in [4.78, 5) is 4.28. The number of benzene rings is 2. The van der Waals surface area contributed by atoms with Gasteiger partial charge in [0, 0.05) is 11.3 Å². The first-order valence-corrected chi connectivity index (χ1v) is 9.23. The Morgan fingerprint density at radius 2 is 1.78 bits per heavy atom. The first-order valence-electron chi connectivity index (χ1n) is 8.35. The van der Waals surface area contributed by atoms with E-state index in [2.05, 4.69) is 20.3 Å². The highest BCUT2D eigenvalue weighted by molar-refractivity contribution is 7.99. The minimum atomic E-state index is -0.294. The lowest BCUT2D eigenvalue weighted by Crippen LogP contribution is -2.01. The van der Waals surface area contributed by atoms with Crippen LogP contribution in [0.25, 0.3) is 17.1 Å². The molecule has 0 amide bonds. The molecular formula is C19H16FN5OS. The summed E-state index contributed by atoms with van der Waals surface area (Å²) in [7, 11) is 0. The van der Waals surface area contributed by atoms with E-state index in [4.69, 9.17) is 4.52 Å². The van der Waals surface area contributed by atoms with Crippen molar-refractivity contribution in [2.45, 2.75) is 24.3 Å². The molecule has 1 atom stereocenters. The van der Waals surface area contributed by atoms with E-state index in [1.807, 2.05) is 41.8 Å². The number of halogens is 1. The van der Waals surface area contributed by atoms with E-state index in [-0.39, 0.29) is 11.1 Å². The van der Waals surface area contributed by atoms with Crippen molar-refractivity contribution in [3.05, 3.63) is 72.1 Å². The number of rotatable bonds is 5. The molecule has 4 rings (SSSR count). The van der Waals surface area contributed by atoms with Gasteiger partial charge >= 0.3 is 0 Å². The smallest absolute Gasteiger partial charge is 0.239 e. The van der Waals surface area contributed by atoms with Gasteiger partial charge in [0.05, 0.1) is 5.25 Å². The zero-order chi connectivity index (χ0) is 18.8. The predicted octanol–water partition coefficient (Wildman–Crippen LogP) is 4.62. The molecular weight excluding hydrogens is 365 g/mol. The highest BCUT2D eigenvalue weighted by atomic mass is 32.2. The minimum Gasteiger partial charge on any atom is -0.338 e. The molecule has 0 aliphatic carbocycles. The molecule has 0 bridgehead atoms. The van der Waals surface area contributed by atoms with Crippen molar-refractivity contribution in [2.75, 3.05) is 0 Å². The monoisotopic (exact) mass is 381 g/mol. The average Bonchev–Trinajstić information content (AvgIpc) is 3.30. The van der Waals surface area contributed by atoms with Gasteiger partial charge < -0.3 is 4.52 Å². The van der Waals surface area contributed by atoms with Crippen LogP contribution >= 0.6 is 11.8 Å². The fraction of sp³-hybridized carbons (Fsp3) is 0.158. The van der Waals surface area contributed by atoms with Crippen LogP contribution in [0.1, 0.15) is 23.9 Å². The molecule has 0 fully saturated rings. The number of hydrogen-bond donors (Lipinski definition) is 0. The summed E-state index contributed by atoms with van der Waals surface area (Å²) in [6.45, 7) is 3.74. The number of hydrogen-bond acceptors (Lipinski definition) is 6. The average molecular weight is 381 g/mol. The molecule has 8 heteroatoms. The summed E-state index contributed by atoms with van der Waals surface area (Å²) in [5.74, 6) is 1.49. The Hall–Kier alpha value is -3.00. The van der Waals surface area contributed by atoms with Gasteiger partial charge in [0.1, 0.15) is 5.82 Å². The Morgan fingerprint density at radius 3 is 2.44 bits per heavy atom. The Balaban J connectivity index is 1.77. The minimum absolute atomic E-state index is 0.113. The second kappa shape index (κ2) is 7.32. The molecule has 136 valence electrons. The third-order valence-corrected chi connectivity index (χ3v) is 4.95. The van der Waals surface area contributed by atoms with Gasteiger partial charge in [-0.05, 0) is 38.1 Å². The molecule has 6 nitrogen and oxygen atoms in total. The molecule has 4 aromatic rings. The topological polar surface area (TPSA) is 69.6 Å². The molecule has 2 aromatic carbocycles. The van der Waals surface area contributed by atoms with Crippen molar-refractivity contribution in [1.82, 2.24) is 24.9 Å². The second-order valence-corrected chi connectivity index (χ2v) is 7.23. The quantitative estimate of drug-likeness (QED) is 0.470. The van der Waals surface area contributed by atoms with Crippen molar-refractivity contribution in [1.29, 1.82) is 0 Å². The van der Waals surface area contributed by atoms with Gasteiger partial charge in [-0.1, -0.05) is 47.3 Å². The van der Waals surface area contributed by atoms with Gasteiger partial charge in [-0.3, -0.25) is 4.57 Å². The van der Waals surface area contributed by atoms with Crippen LogP contribution in [0.15, 0.2) is 64.3 Å². The van der Waals surface area contributed by atoms with E-state index < -0.39 is 0 Å². The van der Waals surface area contributed by atoms with Crippen LogP contribution in [-0.2, 0) is 0 Å². The van der Waals surface area contributed by atoms with Crippen LogP contribution in [0, 0.1) is 12.7 Å². The second-order valence-electron chi connectivity index (χ2n) is 5.92. The summed E-state index contributed by atoms with van der Waals surface area (Å²) in [5, 5.41) is 13.1. The molecule has 0 saturated heterocycles. The maximum Gasteiger partial charge on any atom is 0.239 e. The zero-order valence-electron chi connectivity index (χ0n) is 14.7. The van der Waals surface area contributed by atoms with Crippen molar-refractivity contribution in [3.8, 4) is 17.1 Å². The van der Waals surface area contributed by atoms with Gasteiger partial charge in [-0.25, -0.2) is 4.39 Å². The van der Waals surface area contributed by atoms with E-state index in [0.717, 1.165) is 11.3 Å². The fourth-order valence-corrected chi connectivity index (χ4v) is 3.53. The highest BCUT2D eigenvalue weighted by Crippen LogP contribution is 2.36. The molecule has 27 heavy (non-hydrogen) atoms. The van der Waals surface area contributed by atoms with Crippen LogP contribution < -0.4 is 0 Å². The molecule has 0 aliphatic rings. The van der Waals surface area contributed by atoms with Crippen LogP contribution in [0.5, 0.6) is 0 Å². The molecule has 1 unspecified atom stereocenters. The summed E-state index contributed by atoms with van der Waals surface area (Å²) < 4.78 is 20.6. The molecule has 0 aliphatic heterocycles. The maximum absolute atomic E-state index is 13.4. The van der Waals surface area contributed by atoms with E-state index in [1.165, 1.54) is 23.9 Å². The van der Waals surface area contributed by atoms with Gasteiger partial charge in [0.2, 0.25) is 5.89 Å². The summed E-state index contributed by atoms with van der Waals surface area (Å²) >= 11 is 1.45. The SMILES string of the molecule is Cc1noc(C(C)Sc2nnc(-c3ccccc3)n2-c2ccc(F)cc2)n1. The summed E-state index contributed by atoms with van der Waals surface area (Å²) in [5.41, 5.74) is 1.69. The van der Waals surface area contributed by atoms with Gasteiger partial charge in [-0.15, -0.1) is 10.2 Å². The lowest BCUT2D eigenvalue weighted by atomic mass is 10.2. The van der Waals surface area contributed by atoms with Crippen LogP contribution in [0.2, 0.25) is 0 Å². The Labute approximate surface area is 159 Å². The third kappa shape index (κ3) is 3.61. The molecule has 0 saturated carbocycles.